The highest BCUT2D eigenvalue weighted by Crippen LogP contribution is 2.22. The first-order valence-electron chi connectivity index (χ1n) is 6.44. The molecule has 2 rings (SSSR count). The summed E-state index contributed by atoms with van der Waals surface area (Å²) < 4.78 is 25.8. The lowest BCUT2D eigenvalue weighted by atomic mass is 10.2. The monoisotopic (exact) mass is 338 g/mol. The molecule has 0 aliphatic carbocycles. The average molecular weight is 339 g/mol. The molecule has 0 bridgehead atoms. The molecule has 2 aromatic rings. The van der Waals surface area contributed by atoms with E-state index in [4.69, 9.17) is 11.6 Å². The zero-order chi connectivity index (χ0) is 16.3. The van der Waals surface area contributed by atoms with E-state index in [0.29, 0.717) is 5.69 Å². The van der Waals surface area contributed by atoms with Crippen LogP contribution >= 0.6 is 11.6 Å². The molecule has 0 aromatic heterocycles. The molecule has 0 aliphatic heterocycles. The van der Waals surface area contributed by atoms with E-state index in [9.17, 15) is 13.2 Å². The number of hydrogen-bond acceptors (Lipinski definition) is 3. The highest BCUT2D eigenvalue weighted by Gasteiger charge is 2.17. The van der Waals surface area contributed by atoms with Crippen LogP contribution < -0.4 is 10.0 Å². The maximum absolute atomic E-state index is 12.3. The molecule has 2 N–H and O–H groups in total. The van der Waals surface area contributed by atoms with Crippen molar-refractivity contribution in [2.45, 2.75) is 11.8 Å². The van der Waals surface area contributed by atoms with Crippen LogP contribution in [0.25, 0.3) is 0 Å². The number of anilines is 1. The Morgan fingerprint density at radius 1 is 1.14 bits per heavy atom. The Bertz CT molecular complexity index is 819. The van der Waals surface area contributed by atoms with Gasteiger partial charge in [0.1, 0.15) is 0 Å². The molecule has 0 atom stereocenters. The molecule has 116 valence electrons. The van der Waals surface area contributed by atoms with Crippen LogP contribution in [0.4, 0.5) is 5.69 Å². The first-order chi connectivity index (χ1) is 10.3. The molecular formula is C15H15ClN2O3S. The van der Waals surface area contributed by atoms with Crippen LogP contribution in [0.2, 0.25) is 5.02 Å². The number of benzene rings is 2. The standard InChI is InChI=1S/C15H15ClN2O3S/c1-10-4-3-5-11(8-10)18-15(19)13-9-12(6-7-14(13)16)22(20,21)17-2/h3-9,17H,1-2H3,(H,18,19). The van der Waals surface area contributed by atoms with Gasteiger partial charge in [-0.05, 0) is 49.9 Å². The fraction of sp³-hybridized carbons (Fsp3) is 0.133. The minimum atomic E-state index is -3.64. The zero-order valence-corrected chi connectivity index (χ0v) is 13.6. The number of hydrogen-bond donors (Lipinski definition) is 2. The summed E-state index contributed by atoms with van der Waals surface area (Å²) in [6.45, 7) is 1.91. The molecule has 0 fully saturated rings. The maximum Gasteiger partial charge on any atom is 0.257 e. The second-order valence-electron chi connectivity index (χ2n) is 4.67. The fourth-order valence-corrected chi connectivity index (χ4v) is 2.84. The first-order valence-corrected chi connectivity index (χ1v) is 8.31. The van der Waals surface area contributed by atoms with E-state index in [0.717, 1.165) is 5.56 Å². The maximum atomic E-state index is 12.3. The molecule has 1 amide bonds. The van der Waals surface area contributed by atoms with Crippen molar-refractivity contribution in [1.82, 2.24) is 4.72 Å². The van der Waals surface area contributed by atoms with Gasteiger partial charge in [0, 0.05) is 5.69 Å². The molecule has 7 heteroatoms. The molecule has 0 unspecified atom stereocenters. The zero-order valence-electron chi connectivity index (χ0n) is 12.1. The lowest BCUT2D eigenvalue weighted by Gasteiger charge is -2.09. The van der Waals surface area contributed by atoms with Gasteiger partial charge in [-0.3, -0.25) is 4.79 Å². The van der Waals surface area contributed by atoms with Crippen molar-refractivity contribution in [3.05, 3.63) is 58.6 Å². The number of rotatable bonds is 4. The van der Waals surface area contributed by atoms with Crippen molar-refractivity contribution < 1.29 is 13.2 Å². The number of halogens is 1. The Kier molecular flexibility index (Phi) is 4.85. The Morgan fingerprint density at radius 3 is 2.50 bits per heavy atom. The molecular weight excluding hydrogens is 324 g/mol. The van der Waals surface area contributed by atoms with Crippen LogP contribution in [0.3, 0.4) is 0 Å². The minimum absolute atomic E-state index is 0.0196. The van der Waals surface area contributed by atoms with Gasteiger partial charge in [-0.1, -0.05) is 23.7 Å². The molecule has 2 aromatic carbocycles. The molecule has 5 nitrogen and oxygen atoms in total. The first kappa shape index (κ1) is 16.5. The van der Waals surface area contributed by atoms with Gasteiger partial charge in [-0.25, -0.2) is 13.1 Å². The molecule has 0 heterocycles. The van der Waals surface area contributed by atoms with Gasteiger partial charge in [-0.15, -0.1) is 0 Å². The van der Waals surface area contributed by atoms with Crippen molar-refractivity contribution in [2.75, 3.05) is 12.4 Å². The second-order valence-corrected chi connectivity index (χ2v) is 6.97. The second kappa shape index (κ2) is 6.48. The third kappa shape index (κ3) is 3.65. The summed E-state index contributed by atoms with van der Waals surface area (Å²) in [5.41, 5.74) is 1.71. The number of aryl methyl sites for hydroxylation is 1. The van der Waals surface area contributed by atoms with E-state index < -0.39 is 15.9 Å². The third-order valence-corrected chi connectivity index (χ3v) is 4.78. The molecule has 0 aliphatic rings. The molecule has 0 radical (unpaired) electrons. The van der Waals surface area contributed by atoms with Crippen molar-refractivity contribution in [1.29, 1.82) is 0 Å². The summed E-state index contributed by atoms with van der Waals surface area (Å²) in [5.74, 6) is -0.469. The molecule has 22 heavy (non-hydrogen) atoms. The van der Waals surface area contributed by atoms with Crippen LogP contribution in [0.5, 0.6) is 0 Å². The van der Waals surface area contributed by atoms with Crippen molar-refractivity contribution in [2.24, 2.45) is 0 Å². The fourth-order valence-electron chi connectivity index (χ4n) is 1.88. The summed E-state index contributed by atoms with van der Waals surface area (Å²) in [4.78, 5) is 12.3. The Balaban J connectivity index is 2.35. The van der Waals surface area contributed by atoms with Gasteiger partial charge in [0.25, 0.3) is 5.91 Å². The molecule has 0 spiro atoms. The van der Waals surface area contributed by atoms with Crippen molar-refractivity contribution >= 4 is 33.2 Å². The Labute approximate surface area is 134 Å². The predicted molar refractivity (Wildman–Crippen MR) is 86.8 cm³/mol. The molecule has 0 saturated carbocycles. The quantitative estimate of drug-likeness (QED) is 0.900. The van der Waals surface area contributed by atoms with Gasteiger partial charge in [0.05, 0.1) is 15.5 Å². The van der Waals surface area contributed by atoms with Gasteiger partial charge in [0.15, 0.2) is 0 Å². The smallest absolute Gasteiger partial charge is 0.257 e. The van der Waals surface area contributed by atoms with Crippen molar-refractivity contribution in [3.8, 4) is 0 Å². The van der Waals surface area contributed by atoms with Gasteiger partial charge < -0.3 is 5.32 Å². The summed E-state index contributed by atoms with van der Waals surface area (Å²) in [6.07, 6.45) is 0. The normalized spacial score (nSPS) is 11.2. The highest BCUT2D eigenvalue weighted by atomic mass is 35.5. The van der Waals surface area contributed by atoms with E-state index in [-0.39, 0.29) is 15.5 Å². The predicted octanol–water partition coefficient (Wildman–Crippen LogP) is 2.81. The van der Waals surface area contributed by atoms with Gasteiger partial charge >= 0.3 is 0 Å². The van der Waals surface area contributed by atoms with Gasteiger partial charge in [0.2, 0.25) is 10.0 Å². The van der Waals surface area contributed by atoms with Crippen molar-refractivity contribution in [3.63, 3.8) is 0 Å². The number of nitrogens with one attached hydrogen (secondary N) is 2. The van der Waals surface area contributed by atoms with Crippen LogP contribution in [0.1, 0.15) is 15.9 Å². The lowest BCUT2D eigenvalue weighted by Crippen LogP contribution is -2.20. The van der Waals surface area contributed by atoms with Crippen LogP contribution in [0.15, 0.2) is 47.4 Å². The summed E-state index contributed by atoms with van der Waals surface area (Å²) in [6, 6.07) is 11.2. The summed E-state index contributed by atoms with van der Waals surface area (Å²) >= 11 is 6.01. The Morgan fingerprint density at radius 2 is 1.86 bits per heavy atom. The van der Waals surface area contributed by atoms with E-state index in [1.165, 1.54) is 25.2 Å². The number of amides is 1. The largest absolute Gasteiger partial charge is 0.322 e. The number of sulfonamides is 1. The number of carbonyl (C=O) groups excluding carboxylic acids is 1. The lowest BCUT2D eigenvalue weighted by molar-refractivity contribution is 0.102. The summed E-state index contributed by atoms with van der Waals surface area (Å²) in [7, 11) is -2.34. The van der Waals surface area contributed by atoms with E-state index in [1.807, 2.05) is 19.1 Å². The topological polar surface area (TPSA) is 75.3 Å². The van der Waals surface area contributed by atoms with E-state index in [1.54, 1.807) is 12.1 Å². The van der Waals surface area contributed by atoms with Crippen LogP contribution in [-0.4, -0.2) is 21.4 Å². The third-order valence-electron chi connectivity index (χ3n) is 3.04. The number of carbonyl (C=O) groups is 1. The van der Waals surface area contributed by atoms with Crippen LogP contribution in [0, 0.1) is 6.92 Å². The molecule has 0 saturated heterocycles. The highest BCUT2D eigenvalue weighted by molar-refractivity contribution is 7.89. The van der Waals surface area contributed by atoms with Gasteiger partial charge in [-0.2, -0.15) is 0 Å². The van der Waals surface area contributed by atoms with E-state index in [2.05, 4.69) is 10.0 Å². The Hall–Kier alpha value is -1.89. The summed E-state index contributed by atoms with van der Waals surface area (Å²) in [5, 5.41) is 2.88. The van der Waals surface area contributed by atoms with E-state index >= 15 is 0 Å². The van der Waals surface area contributed by atoms with Crippen LogP contribution in [-0.2, 0) is 10.0 Å². The average Bonchev–Trinajstić information content (AvgIpc) is 2.47. The SMILES string of the molecule is CNS(=O)(=O)c1ccc(Cl)c(C(=O)Nc2cccc(C)c2)c1. The minimum Gasteiger partial charge on any atom is -0.322 e.